The first-order chi connectivity index (χ1) is 14.9. The summed E-state index contributed by atoms with van der Waals surface area (Å²) in [5.74, 6) is 1.69. The van der Waals surface area contributed by atoms with Gasteiger partial charge in [-0.3, -0.25) is 14.9 Å². The van der Waals surface area contributed by atoms with Crippen molar-refractivity contribution in [3.63, 3.8) is 0 Å². The van der Waals surface area contributed by atoms with Crippen LogP contribution in [0.25, 0.3) is 5.69 Å². The van der Waals surface area contributed by atoms with E-state index in [0.717, 1.165) is 30.3 Å². The number of non-ortho nitro benzene ring substituents is 1. The Bertz CT molecular complexity index is 1150. The van der Waals surface area contributed by atoms with Crippen LogP contribution in [0.2, 0.25) is 5.02 Å². The quantitative estimate of drug-likeness (QED) is 0.455. The Labute approximate surface area is 187 Å². The third kappa shape index (κ3) is 4.49. The molecule has 3 aromatic rings. The lowest BCUT2D eigenvalue weighted by Crippen LogP contribution is -2.32. The summed E-state index contributed by atoms with van der Waals surface area (Å²) in [6.07, 6.45) is 0. The number of thioether (sulfide) groups is 1. The molecule has 1 fully saturated rings. The highest BCUT2D eigenvalue weighted by atomic mass is 35.5. The summed E-state index contributed by atoms with van der Waals surface area (Å²) in [6, 6.07) is 11.4. The van der Waals surface area contributed by atoms with E-state index in [1.807, 2.05) is 17.8 Å². The SMILES string of the molecule is Cc1c(C(=O)Nc2ccc(N3CCSCC3)c(Cl)c2)nnn1-c1cccc([N+](=O)[O-])c1. The molecule has 1 aliphatic rings. The molecular formula is C20H19ClN6O3S. The second-order valence-corrected chi connectivity index (χ2v) is 8.56. The standard InChI is InChI=1S/C20H19ClN6O3S/c1-13-19(23-24-26(13)15-3-2-4-16(12-15)27(29)30)20(28)22-14-5-6-18(17(21)11-14)25-7-9-31-10-8-25/h2-6,11-12H,7-10H2,1H3,(H,22,28). The number of rotatable bonds is 5. The van der Waals surface area contributed by atoms with Gasteiger partial charge in [0.05, 0.1) is 27.0 Å². The van der Waals surface area contributed by atoms with Gasteiger partial charge in [0, 0.05) is 42.4 Å². The maximum Gasteiger partial charge on any atom is 0.278 e. The minimum Gasteiger partial charge on any atom is -0.369 e. The molecule has 0 atom stereocenters. The second kappa shape index (κ2) is 8.94. The van der Waals surface area contributed by atoms with Crippen molar-refractivity contribution in [3.05, 3.63) is 69.0 Å². The average molecular weight is 459 g/mol. The van der Waals surface area contributed by atoms with Crippen molar-refractivity contribution in [2.24, 2.45) is 0 Å². The van der Waals surface area contributed by atoms with Crippen LogP contribution >= 0.6 is 23.4 Å². The summed E-state index contributed by atoms with van der Waals surface area (Å²) >= 11 is 8.38. The second-order valence-electron chi connectivity index (χ2n) is 6.93. The first-order valence-corrected chi connectivity index (χ1v) is 11.1. The van der Waals surface area contributed by atoms with Crippen LogP contribution in [0, 0.1) is 17.0 Å². The predicted octanol–water partition coefficient (Wildman–Crippen LogP) is 3.94. The number of carbonyl (C=O) groups is 1. The third-order valence-electron chi connectivity index (χ3n) is 4.95. The number of nitrogens with one attached hydrogen (secondary N) is 1. The Morgan fingerprint density at radius 3 is 2.71 bits per heavy atom. The molecule has 160 valence electrons. The van der Waals surface area contributed by atoms with Gasteiger partial charge in [0.15, 0.2) is 5.69 Å². The number of hydrogen-bond donors (Lipinski definition) is 1. The highest BCUT2D eigenvalue weighted by Gasteiger charge is 2.20. The topological polar surface area (TPSA) is 106 Å². The molecule has 1 N–H and O–H groups in total. The fraction of sp³-hybridized carbons (Fsp3) is 0.250. The molecular weight excluding hydrogens is 440 g/mol. The van der Waals surface area contributed by atoms with Crippen molar-refractivity contribution in [2.45, 2.75) is 6.92 Å². The minimum atomic E-state index is -0.487. The maximum absolute atomic E-state index is 12.8. The Balaban J connectivity index is 1.52. The average Bonchev–Trinajstić information content (AvgIpc) is 3.16. The first-order valence-electron chi connectivity index (χ1n) is 9.55. The highest BCUT2D eigenvalue weighted by molar-refractivity contribution is 7.99. The first kappa shape index (κ1) is 21.1. The monoisotopic (exact) mass is 458 g/mol. The third-order valence-corrected chi connectivity index (χ3v) is 6.20. The molecule has 2 aromatic carbocycles. The number of nitrogens with zero attached hydrogens (tertiary/aromatic N) is 5. The van der Waals surface area contributed by atoms with E-state index in [1.165, 1.54) is 16.8 Å². The highest BCUT2D eigenvalue weighted by Crippen LogP contribution is 2.30. The van der Waals surface area contributed by atoms with Gasteiger partial charge in [-0.2, -0.15) is 11.8 Å². The number of carbonyl (C=O) groups excluding carboxylic acids is 1. The molecule has 4 rings (SSSR count). The molecule has 1 saturated heterocycles. The zero-order valence-corrected chi connectivity index (χ0v) is 18.2. The van der Waals surface area contributed by atoms with Gasteiger partial charge in [0.1, 0.15) is 0 Å². The number of halogens is 1. The molecule has 0 saturated carbocycles. The summed E-state index contributed by atoms with van der Waals surface area (Å²) in [5.41, 5.74) is 2.47. The van der Waals surface area contributed by atoms with Gasteiger partial charge in [-0.05, 0) is 31.2 Å². The molecule has 11 heteroatoms. The molecule has 0 spiro atoms. The van der Waals surface area contributed by atoms with E-state index < -0.39 is 10.8 Å². The van der Waals surface area contributed by atoms with Gasteiger partial charge in [0.2, 0.25) is 0 Å². The summed E-state index contributed by atoms with van der Waals surface area (Å²) in [7, 11) is 0. The smallest absolute Gasteiger partial charge is 0.278 e. The summed E-state index contributed by atoms with van der Waals surface area (Å²) in [4.78, 5) is 25.5. The normalized spacial score (nSPS) is 13.8. The van der Waals surface area contributed by atoms with Gasteiger partial charge in [0.25, 0.3) is 11.6 Å². The van der Waals surface area contributed by atoms with E-state index in [9.17, 15) is 14.9 Å². The van der Waals surface area contributed by atoms with Gasteiger partial charge in [-0.1, -0.05) is 22.9 Å². The van der Waals surface area contributed by atoms with Gasteiger partial charge in [-0.15, -0.1) is 5.10 Å². The minimum absolute atomic E-state index is 0.0690. The summed E-state index contributed by atoms with van der Waals surface area (Å²) in [5, 5.41) is 22.3. The molecule has 0 aliphatic carbocycles. The van der Waals surface area contributed by atoms with Crippen LogP contribution in [0.4, 0.5) is 17.1 Å². The number of anilines is 2. The Kier molecular flexibility index (Phi) is 6.10. The molecule has 2 heterocycles. The predicted molar refractivity (Wildman–Crippen MR) is 122 cm³/mol. The van der Waals surface area contributed by atoms with Crippen LogP contribution in [0.5, 0.6) is 0 Å². The van der Waals surface area contributed by atoms with Crippen molar-refractivity contribution < 1.29 is 9.72 Å². The van der Waals surface area contributed by atoms with E-state index >= 15 is 0 Å². The maximum atomic E-state index is 12.8. The lowest BCUT2D eigenvalue weighted by atomic mass is 10.2. The molecule has 1 aromatic heterocycles. The van der Waals surface area contributed by atoms with E-state index in [4.69, 9.17) is 11.6 Å². The Hall–Kier alpha value is -3.11. The number of nitro groups is 1. The van der Waals surface area contributed by atoms with Crippen LogP contribution in [0.3, 0.4) is 0 Å². The number of nitro benzene ring substituents is 1. The molecule has 9 nitrogen and oxygen atoms in total. The largest absolute Gasteiger partial charge is 0.369 e. The van der Waals surface area contributed by atoms with Crippen molar-refractivity contribution in [1.82, 2.24) is 15.0 Å². The number of aromatic nitrogens is 3. The summed E-state index contributed by atoms with van der Waals surface area (Å²) < 4.78 is 1.40. The van der Waals surface area contributed by atoms with Crippen molar-refractivity contribution in [1.29, 1.82) is 0 Å². The molecule has 0 bridgehead atoms. The van der Waals surface area contributed by atoms with E-state index in [-0.39, 0.29) is 11.4 Å². The zero-order valence-electron chi connectivity index (χ0n) is 16.6. The lowest BCUT2D eigenvalue weighted by Gasteiger charge is -2.29. The van der Waals surface area contributed by atoms with E-state index in [2.05, 4.69) is 20.5 Å². The van der Waals surface area contributed by atoms with Crippen LogP contribution in [-0.4, -0.2) is 50.4 Å². The van der Waals surface area contributed by atoms with Crippen LogP contribution in [0.15, 0.2) is 42.5 Å². The molecule has 31 heavy (non-hydrogen) atoms. The van der Waals surface area contributed by atoms with Crippen molar-refractivity contribution >= 4 is 46.3 Å². The fourth-order valence-corrected chi connectivity index (χ4v) is 4.56. The summed E-state index contributed by atoms with van der Waals surface area (Å²) in [6.45, 7) is 3.56. The van der Waals surface area contributed by atoms with Crippen molar-refractivity contribution in [3.8, 4) is 5.69 Å². The van der Waals surface area contributed by atoms with Crippen LogP contribution < -0.4 is 10.2 Å². The number of hydrogen-bond acceptors (Lipinski definition) is 7. The lowest BCUT2D eigenvalue weighted by molar-refractivity contribution is -0.384. The van der Waals surface area contributed by atoms with E-state index in [0.29, 0.717) is 22.1 Å². The molecule has 0 radical (unpaired) electrons. The van der Waals surface area contributed by atoms with E-state index in [1.54, 1.807) is 31.2 Å². The van der Waals surface area contributed by atoms with Gasteiger partial charge in [-0.25, -0.2) is 4.68 Å². The molecule has 0 unspecified atom stereocenters. The number of benzene rings is 2. The van der Waals surface area contributed by atoms with Crippen molar-refractivity contribution in [2.75, 3.05) is 34.8 Å². The number of amides is 1. The zero-order chi connectivity index (χ0) is 22.0. The molecule has 1 amide bonds. The van der Waals surface area contributed by atoms with Crippen LogP contribution in [-0.2, 0) is 0 Å². The molecule has 1 aliphatic heterocycles. The van der Waals surface area contributed by atoms with Crippen LogP contribution in [0.1, 0.15) is 16.2 Å². The van der Waals surface area contributed by atoms with Gasteiger partial charge >= 0.3 is 0 Å². The Morgan fingerprint density at radius 1 is 1.23 bits per heavy atom. The Morgan fingerprint density at radius 2 is 2.00 bits per heavy atom. The van der Waals surface area contributed by atoms with Gasteiger partial charge < -0.3 is 10.2 Å². The fourth-order valence-electron chi connectivity index (χ4n) is 3.36.